The van der Waals surface area contributed by atoms with Crippen LogP contribution in [-0.4, -0.2) is 177 Å². The van der Waals surface area contributed by atoms with E-state index in [9.17, 15) is 106 Å². The Hall–Kier alpha value is -3.63. The monoisotopic (exact) mass is 2960 g/mol. The highest BCUT2D eigenvalue weighted by Gasteiger charge is 2.73. The molecule has 10 fully saturated rings. The van der Waals surface area contributed by atoms with Gasteiger partial charge in [-0.15, -0.1) is 0 Å². The number of carboxylic acids is 6. The number of hydrogen-bond donors (Lipinski definition) is 2. The molecule has 7 saturated heterocycles. The van der Waals surface area contributed by atoms with Crippen molar-refractivity contribution in [3.8, 4) is 0 Å². The summed E-state index contributed by atoms with van der Waals surface area (Å²) in [4.78, 5) is 163. The number of carbonyl (C=O) groups excluding carboxylic acids is 14. The highest BCUT2D eigenvalue weighted by Crippen LogP contribution is 2.59. The molecule has 3 saturated carbocycles. The van der Waals surface area contributed by atoms with E-state index in [4.69, 9.17) is 42.1 Å². The highest BCUT2D eigenvalue weighted by atomic mass is 79.9. The van der Waals surface area contributed by atoms with Gasteiger partial charge in [0.25, 0.3) is 21.9 Å². The Kier molecular flexibility index (Phi) is 36.7. The summed E-state index contributed by atoms with van der Waals surface area (Å²) in [6.07, 6.45) is -6.78. The molecular formula is C78H50Br18N2O31S-6. The second-order valence-electron chi connectivity index (χ2n) is 29.5. The maximum atomic E-state index is 12.6. The molecule has 0 aromatic heterocycles. The molecule has 10 aliphatic rings. The molecule has 6 aromatic rings. The summed E-state index contributed by atoms with van der Waals surface area (Å²) in [5.41, 5.74) is 1.75. The first-order valence-corrected chi connectivity index (χ1v) is 52.8. The van der Waals surface area contributed by atoms with Crippen LogP contribution in [0.5, 0.6) is 0 Å². The second-order valence-corrected chi connectivity index (χ2v) is 46.6. The molecule has 3 aliphatic carbocycles. The van der Waals surface area contributed by atoms with Crippen molar-refractivity contribution in [2.75, 3.05) is 6.54 Å². The Morgan fingerprint density at radius 2 is 0.769 bits per heavy atom. The zero-order chi connectivity index (χ0) is 96.1. The lowest BCUT2D eigenvalue weighted by atomic mass is 9.78. The van der Waals surface area contributed by atoms with Gasteiger partial charge in [-0.2, -0.15) is 8.42 Å². The second kappa shape index (κ2) is 44.7. The number of rotatable bonds is 18. The van der Waals surface area contributed by atoms with Crippen molar-refractivity contribution in [3.63, 3.8) is 0 Å². The van der Waals surface area contributed by atoms with E-state index >= 15 is 0 Å². The van der Waals surface area contributed by atoms with Crippen LogP contribution in [0.1, 0.15) is 101 Å². The van der Waals surface area contributed by atoms with Gasteiger partial charge in [-0.1, -0.05) is 95.6 Å². The van der Waals surface area contributed by atoms with Crippen molar-refractivity contribution < 1.29 is 148 Å². The number of halogens is 18. The van der Waals surface area contributed by atoms with Gasteiger partial charge < -0.3 is 108 Å². The van der Waals surface area contributed by atoms with Crippen LogP contribution in [0.2, 0.25) is 0 Å². The molecule has 52 heteroatoms. The van der Waals surface area contributed by atoms with Crippen molar-refractivity contribution >= 4 is 380 Å². The minimum atomic E-state index is -4.14. The number of fused-ring (bicyclic) bond motifs is 3. The first-order valence-electron chi connectivity index (χ1n) is 37.0. The molecule has 0 radical (unpaired) electrons. The lowest BCUT2D eigenvalue weighted by Crippen LogP contribution is -2.53. The summed E-state index contributed by atoms with van der Waals surface area (Å²) in [7, 11) is -4.14. The van der Waals surface area contributed by atoms with E-state index in [-0.39, 0.29) is 28.7 Å². The summed E-state index contributed by atoms with van der Waals surface area (Å²) in [6.45, 7) is 0.823. The molecule has 2 N–H and O–H groups in total. The Bertz CT molecular complexity index is 5690. The SMILES string of the molecule is CC(NC(=O)c1cc(Br)cc(Br)c1Br)C(=O)[O-].O=C(OC1C2CC3C1OC(=O)C3C2C(=O)[O-])c1cc(Br)cc(Br)c1Br.O=C(OC1C2OC(=O)C3C2OC1C3C(=O)[O-])c1cc(Br)cc(Br)c1Br.O=C(OC1C2OS(=O)(=O)C3C2OC1C3C(=O)[O-])c1cc(Br)cc(Br)c1Br.O=C(OC1CCCC(C(=O)[O-])C1)c1cc(Br)cc(Br)c1Br.O=C([O-])CNC(=O)c1cc(Br)cc(Br)c1Br. The fourth-order valence-corrected chi connectivity index (χ4v) is 27.6. The highest BCUT2D eigenvalue weighted by molar-refractivity contribution is 9.15. The van der Waals surface area contributed by atoms with E-state index in [2.05, 4.69) is 297 Å². The fraction of sp³-hybridized carbons (Fsp3) is 0.359. The third-order valence-corrected chi connectivity index (χ3v) is 38.1. The molecule has 21 unspecified atom stereocenters. The van der Waals surface area contributed by atoms with Gasteiger partial charge in [0, 0.05) is 134 Å². The summed E-state index contributed by atoms with van der Waals surface area (Å²) in [5, 5.41) is 69.2. The van der Waals surface area contributed by atoms with Gasteiger partial charge in [0.05, 0.1) is 75.7 Å². The van der Waals surface area contributed by atoms with Crippen LogP contribution >= 0.6 is 287 Å². The van der Waals surface area contributed by atoms with Gasteiger partial charge in [-0.25, -0.2) is 19.2 Å². The number of esters is 6. The fourth-order valence-electron chi connectivity index (χ4n) is 16.0. The molecule has 0 spiro atoms. The number of ether oxygens (including phenoxy) is 8. The summed E-state index contributed by atoms with van der Waals surface area (Å²) >= 11 is 59.2. The van der Waals surface area contributed by atoms with Gasteiger partial charge in [0.2, 0.25) is 0 Å². The molecule has 33 nitrogen and oxygen atoms in total. The molecule has 16 rings (SSSR count). The van der Waals surface area contributed by atoms with Crippen LogP contribution in [0.15, 0.2) is 153 Å². The van der Waals surface area contributed by atoms with E-state index in [0.717, 1.165) is 15.4 Å². The van der Waals surface area contributed by atoms with Crippen molar-refractivity contribution in [1.29, 1.82) is 0 Å². The van der Waals surface area contributed by atoms with Crippen LogP contribution in [-0.2, 0) is 90.6 Å². The Morgan fingerprint density at radius 1 is 0.400 bits per heavy atom. The van der Waals surface area contributed by atoms with Gasteiger partial charge in [0.15, 0.2) is 18.3 Å². The zero-order valence-electron chi connectivity index (χ0n) is 64.2. The van der Waals surface area contributed by atoms with E-state index in [1.165, 1.54) is 13.0 Å². The van der Waals surface area contributed by atoms with E-state index in [1.54, 1.807) is 60.7 Å². The van der Waals surface area contributed by atoms with Crippen molar-refractivity contribution in [2.45, 2.75) is 117 Å². The number of hydrogen-bond acceptors (Lipinski definition) is 31. The minimum absolute atomic E-state index is 0.163. The van der Waals surface area contributed by atoms with Crippen LogP contribution in [0.3, 0.4) is 0 Å². The van der Waals surface area contributed by atoms with Gasteiger partial charge in [-0.05, 0) is 303 Å². The van der Waals surface area contributed by atoms with Crippen LogP contribution in [0.4, 0.5) is 0 Å². The molecular weight excluding hydrogens is 2930 g/mol. The standard InChI is InChI=1S/C16H11Br3O6.C15H9Br3O7.C14H9Br3O8S.C14H13Br3O4.C10H8Br3NO3.C9H6Br3NO3/c17-4-1-7(11(19)8(18)2-4)15(22)24-12-5-3-6-10(9(5)14(20)21)16(23)25-13(6)12;16-3-1-4(8(18)5(17)2-3)14(21)24-11-9-6(13(19)20)7-10(23-9)12(11)25-15(7)22;15-3-1-4(7(17)5(16)2-3)14(20)24-9-8-6(13(18)19)12-11(23-8)10(9)25-26(12,21)22;15-8-5-10(12(17)11(16)6-8)14(20)21-9-3-1-2-7(4-9)13(18)19;1-4(10(16)17)14-9(15)6-2-5(11)3-7(12)8(6)13;10-4-1-5(8(12)6(11)2-4)9(16)13-3-7(14)15/h1-2,5-6,9-10,12-13H,3H2,(H,20,21);1-2,6-7,9-12H,(H,19,20);1-2,6,8-12H,(H,18,19);5-7,9H,1-4H2,(H,18,19);2-4H,1H3,(H,14,15)(H,16,17);1-2H,3H2,(H,13,16)(H,14,15)/p-6. The number of nitrogens with one attached hydrogen (secondary N) is 2. The summed E-state index contributed by atoms with van der Waals surface area (Å²) < 4.78 is 83.9. The summed E-state index contributed by atoms with van der Waals surface area (Å²) in [6, 6.07) is 19.0. The Morgan fingerprint density at radius 3 is 1.18 bits per heavy atom. The number of aliphatic carboxylic acids is 6. The number of amides is 2. The van der Waals surface area contributed by atoms with Crippen LogP contribution in [0, 0.1) is 47.3 Å². The van der Waals surface area contributed by atoms with Gasteiger partial charge in [0.1, 0.15) is 54.1 Å². The average molecular weight is 2980 g/mol. The number of carbonyl (C=O) groups is 14. The molecule has 6 aromatic carbocycles. The molecule has 130 heavy (non-hydrogen) atoms. The topological polar surface area (TPSA) is 519 Å². The number of benzene rings is 6. The molecule has 696 valence electrons. The zero-order valence-corrected chi connectivity index (χ0v) is 93.5. The van der Waals surface area contributed by atoms with Gasteiger partial charge >= 0.3 is 35.8 Å². The predicted molar refractivity (Wildman–Crippen MR) is 499 cm³/mol. The normalized spacial score (nSPS) is 27.0. The molecule has 6 bridgehead atoms. The van der Waals surface area contributed by atoms with Crippen LogP contribution in [0.25, 0.3) is 0 Å². The molecule has 2 amide bonds. The first-order chi connectivity index (χ1) is 60.8. The van der Waals surface area contributed by atoms with E-state index in [0.29, 0.717) is 114 Å². The Balaban J connectivity index is 0.000000152. The van der Waals surface area contributed by atoms with Crippen molar-refractivity contribution in [1.82, 2.24) is 10.6 Å². The maximum Gasteiger partial charge on any atom is 0.339 e. The number of carboxylic acid groups (broad SMARTS) is 6. The van der Waals surface area contributed by atoms with E-state index < -0.39 is 214 Å². The largest absolute Gasteiger partial charge is 0.550 e. The predicted octanol–water partition coefficient (Wildman–Crippen LogP) is 10.7. The lowest BCUT2D eigenvalue weighted by Gasteiger charge is -2.31. The third kappa shape index (κ3) is 23.7. The lowest BCUT2D eigenvalue weighted by molar-refractivity contribution is -0.316. The average Bonchev–Trinajstić information content (AvgIpc) is 1.55. The van der Waals surface area contributed by atoms with E-state index in [1.807, 2.05) is 6.07 Å². The molecule has 7 aliphatic heterocycles. The third-order valence-electron chi connectivity index (χ3n) is 21.5. The molecule has 21 atom stereocenters. The molecule has 7 heterocycles. The van der Waals surface area contributed by atoms with Crippen molar-refractivity contribution in [2.24, 2.45) is 47.3 Å². The van der Waals surface area contributed by atoms with Crippen molar-refractivity contribution in [3.05, 3.63) is 187 Å². The minimum Gasteiger partial charge on any atom is -0.550 e. The maximum absolute atomic E-state index is 12.6. The summed E-state index contributed by atoms with van der Waals surface area (Å²) in [5.74, 6) is -19.1. The quantitative estimate of drug-likeness (QED) is 0.0349. The first kappa shape index (κ1) is 107. The van der Waals surface area contributed by atoms with Crippen LogP contribution < -0.4 is 41.3 Å². The Labute approximate surface area is 886 Å². The van der Waals surface area contributed by atoms with Gasteiger partial charge in [-0.3, -0.25) is 23.4 Å². The smallest absolute Gasteiger partial charge is 0.339 e.